The average Bonchev–Trinajstić information content (AvgIpc) is 2.16. The Morgan fingerprint density at radius 2 is 2.19 bits per heavy atom. The van der Waals surface area contributed by atoms with Gasteiger partial charge in [0.05, 0.1) is 18.9 Å². The number of ether oxygens (including phenoxy) is 1. The molecule has 0 saturated heterocycles. The van der Waals surface area contributed by atoms with E-state index in [0.717, 1.165) is 4.31 Å². The lowest BCUT2D eigenvalue weighted by Crippen LogP contribution is -2.38. The normalized spacial score (nSPS) is 11.3. The molecule has 1 N–H and O–H groups in total. The third kappa shape index (κ3) is 5.70. The summed E-state index contributed by atoms with van der Waals surface area (Å²) in [6.07, 6.45) is 4.98. The van der Waals surface area contributed by atoms with Crippen LogP contribution >= 0.6 is 0 Å². The molecule has 0 aliphatic heterocycles. The number of hydrogen-bond acceptors (Lipinski definition) is 4. The highest BCUT2D eigenvalue weighted by molar-refractivity contribution is 7.89. The van der Waals surface area contributed by atoms with Crippen molar-refractivity contribution in [1.29, 1.82) is 0 Å². The zero-order chi connectivity index (χ0) is 12.6. The first kappa shape index (κ1) is 14.9. The maximum Gasteiger partial charge on any atom is 0.318 e. The smallest absolute Gasteiger partial charge is 0.318 e. The van der Waals surface area contributed by atoms with Gasteiger partial charge in [-0.05, 0) is 6.92 Å². The highest BCUT2D eigenvalue weighted by atomic mass is 32.2. The summed E-state index contributed by atoms with van der Waals surface area (Å²) in [6.45, 7) is 1.30. The van der Waals surface area contributed by atoms with Crippen molar-refractivity contribution in [3.63, 3.8) is 0 Å². The van der Waals surface area contributed by atoms with Crippen molar-refractivity contribution in [1.82, 2.24) is 4.31 Å². The molecule has 0 radical (unpaired) electrons. The molecule has 92 valence electrons. The van der Waals surface area contributed by atoms with Gasteiger partial charge in [-0.1, -0.05) is 5.92 Å². The Labute approximate surface area is 95.2 Å². The predicted octanol–water partition coefficient (Wildman–Crippen LogP) is -0.627. The van der Waals surface area contributed by atoms with Crippen LogP contribution in [0.2, 0.25) is 0 Å². The second-order valence-electron chi connectivity index (χ2n) is 2.88. The van der Waals surface area contributed by atoms with Crippen LogP contribution in [-0.4, -0.2) is 55.9 Å². The minimum Gasteiger partial charge on any atom is -0.480 e. The van der Waals surface area contributed by atoms with Crippen LogP contribution in [0.5, 0.6) is 0 Å². The molecule has 0 aromatic carbocycles. The quantitative estimate of drug-likeness (QED) is 0.457. The summed E-state index contributed by atoms with van der Waals surface area (Å²) < 4.78 is 28.9. The van der Waals surface area contributed by atoms with Crippen molar-refractivity contribution in [2.24, 2.45) is 0 Å². The second kappa shape index (κ2) is 7.22. The fraction of sp³-hybridized carbons (Fsp3) is 0.667. The number of hydrogen-bond donors (Lipinski definition) is 1. The fourth-order valence-electron chi connectivity index (χ4n) is 0.943. The Morgan fingerprint density at radius 3 is 2.62 bits per heavy atom. The topological polar surface area (TPSA) is 83.9 Å². The molecule has 0 aromatic heterocycles. The molecule has 0 rings (SSSR count). The highest BCUT2D eigenvalue weighted by Gasteiger charge is 2.23. The third-order valence-corrected chi connectivity index (χ3v) is 3.39. The Bertz CT molecular complexity index is 357. The van der Waals surface area contributed by atoms with Gasteiger partial charge in [0.2, 0.25) is 10.0 Å². The SMILES string of the molecule is C#CCN(CC(=O)O)S(=O)(=O)CCOCC. The minimum absolute atomic E-state index is 0.0273. The van der Waals surface area contributed by atoms with Crippen molar-refractivity contribution >= 4 is 16.0 Å². The number of terminal acetylenes is 1. The van der Waals surface area contributed by atoms with Gasteiger partial charge in [0.1, 0.15) is 6.54 Å². The molecule has 0 aliphatic rings. The van der Waals surface area contributed by atoms with Gasteiger partial charge in [0.25, 0.3) is 0 Å². The molecule has 16 heavy (non-hydrogen) atoms. The molecular formula is C9H15NO5S. The Morgan fingerprint density at radius 1 is 1.56 bits per heavy atom. The van der Waals surface area contributed by atoms with Crippen molar-refractivity contribution in [2.45, 2.75) is 6.92 Å². The molecule has 0 aliphatic carbocycles. The number of sulfonamides is 1. The number of aliphatic carboxylic acids is 1. The Balaban J connectivity index is 4.51. The van der Waals surface area contributed by atoms with Crippen LogP contribution in [0, 0.1) is 12.3 Å². The van der Waals surface area contributed by atoms with Crippen LogP contribution in [0.25, 0.3) is 0 Å². The van der Waals surface area contributed by atoms with Gasteiger partial charge in [-0.2, -0.15) is 4.31 Å². The first-order chi connectivity index (χ1) is 7.44. The molecule has 0 heterocycles. The summed E-state index contributed by atoms with van der Waals surface area (Å²) >= 11 is 0. The van der Waals surface area contributed by atoms with E-state index in [9.17, 15) is 13.2 Å². The number of carbonyl (C=O) groups is 1. The summed E-state index contributed by atoms with van der Waals surface area (Å²) in [4.78, 5) is 10.5. The minimum atomic E-state index is -3.67. The Kier molecular flexibility index (Phi) is 6.72. The van der Waals surface area contributed by atoms with E-state index in [-0.39, 0.29) is 18.9 Å². The zero-order valence-corrected chi connectivity index (χ0v) is 9.87. The molecule has 0 unspecified atom stereocenters. The molecule has 0 amide bonds. The Hall–Kier alpha value is -1.10. The van der Waals surface area contributed by atoms with Crippen LogP contribution in [0.15, 0.2) is 0 Å². The lowest BCUT2D eigenvalue weighted by molar-refractivity contribution is -0.137. The molecule has 0 aromatic rings. The number of carboxylic acid groups (broad SMARTS) is 1. The number of rotatable bonds is 8. The maximum atomic E-state index is 11.6. The van der Waals surface area contributed by atoms with Crippen molar-refractivity contribution in [3.8, 4) is 12.3 Å². The van der Waals surface area contributed by atoms with E-state index in [0.29, 0.717) is 6.61 Å². The lowest BCUT2D eigenvalue weighted by Gasteiger charge is -2.17. The van der Waals surface area contributed by atoms with Gasteiger partial charge in [0, 0.05) is 6.61 Å². The summed E-state index contributed by atoms with van der Waals surface area (Å²) in [5, 5.41) is 8.54. The van der Waals surface area contributed by atoms with Crippen LogP contribution < -0.4 is 0 Å². The molecule has 6 nitrogen and oxygen atoms in total. The fourth-order valence-corrected chi connectivity index (χ4v) is 2.11. The predicted molar refractivity (Wildman–Crippen MR) is 58.3 cm³/mol. The number of carboxylic acids is 1. The number of nitrogens with zero attached hydrogens (tertiary/aromatic N) is 1. The molecule has 7 heteroatoms. The van der Waals surface area contributed by atoms with Crippen molar-refractivity contribution in [3.05, 3.63) is 0 Å². The summed E-state index contributed by atoms with van der Waals surface area (Å²) in [6, 6.07) is 0. The van der Waals surface area contributed by atoms with E-state index in [1.165, 1.54) is 0 Å². The highest BCUT2D eigenvalue weighted by Crippen LogP contribution is 2.01. The van der Waals surface area contributed by atoms with Gasteiger partial charge in [-0.3, -0.25) is 4.79 Å². The van der Waals surface area contributed by atoms with E-state index in [4.69, 9.17) is 16.3 Å². The lowest BCUT2D eigenvalue weighted by atomic mass is 10.6. The summed E-state index contributed by atoms with van der Waals surface area (Å²) in [5.41, 5.74) is 0. The van der Waals surface area contributed by atoms with E-state index < -0.39 is 22.5 Å². The standard InChI is InChI=1S/C9H15NO5S/c1-3-5-10(8-9(11)12)16(13,14)7-6-15-4-2/h1H,4-8H2,2H3,(H,11,12). The summed E-state index contributed by atoms with van der Waals surface area (Å²) in [7, 11) is -3.67. The van der Waals surface area contributed by atoms with E-state index in [1.54, 1.807) is 6.92 Å². The first-order valence-corrected chi connectivity index (χ1v) is 6.25. The molecule has 0 fully saturated rings. The monoisotopic (exact) mass is 249 g/mol. The largest absolute Gasteiger partial charge is 0.480 e. The van der Waals surface area contributed by atoms with Crippen molar-refractivity contribution in [2.75, 3.05) is 32.1 Å². The van der Waals surface area contributed by atoms with Crippen LogP contribution in [0.4, 0.5) is 0 Å². The van der Waals surface area contributed by atoms with E-state index >= 15 is 0 Å². The second-order valence-corrected chi connectivity index (χ2v) is 4.97. The summed E-state index contributed by atoms with van der Waals surface area (Å²) in [5.74, 6) is 0.604. The van der Waals surface area contributed by atoms with Crippen LogP contribution in [0.1, 0.15) is 6.92 Å². The molecule has 0 saturated carbocycles. The van der Waals surface area contributed by atoms with E-state index in [1.807, 2.05) is 0 Å². The molecular weight excluding hydrogens is 234 g/mol. The third-order valence-electron chi connectivity index (χ3n) is 1.66. The van der Waals surface area contributed by atoms with Gasteiger partial charge < -0.3 is 9.84 Å². The van der Waals surface area contributed by atoms with E-state index in [2.05, 4.69) is 5.92 Å². The van der Waals surface area contributed by atoms with Gasteiger partial charge in [-0.25, -0.2) is 8.42 Å². The molecule has 0 atom stereocenters. The molecule has 0 bridgehead atoms. The van der Waals surface area contributed by atoms with Gasteiger partial charge in [0.15, 0.2) is 0 Å². The zero-order valence-electron chi connectivity index (χ0n) is 9.05. The van der Waals surface area contributed by atoms with Gasteiger partial charge >= 0.3 is 5.97 Å². The first-order valence-electron chi connectivity index (χ1n) is 4.65. The van der Waals surface area contributed by atoms with Gasteiger partial charge in [-0.15, -0.1) is 6.42 Å². The van der Waals surface area contributed by atoms with Crippen LogP contribution in [-0.2, 0) is 19.6 Å². The molecule has 0 spiro atoms. The van der Waals surface area contributed by atoms with Crippen LogP contribution in [0.3, 0.4) is 0 Å². The maximum absolute atomic E-state index is 11.6. The van der Waals surface area contributed by atoms with Crippen molar-refractivity contribution < 1.29 is 23.1 Å². The average molecular weight is 249 g/mol.